The van der Waals surface area contributed by atoms with Gasteiger partial charge in [-0.25, -0.2) is 0 Å². The Morgan fingerprint density at radius 1 is 0.368 bits per heavy atom. The Morgan fingerprint density at radius 2 is 0.632 bits per heavy atom. The molecule has 0 heterocycles. The maximum Gasteiger partial charge on any atom is -0.0198 e. The maximum absolute atomic E-state index is 2.42. The van der Waals surface area contributed by atoms with Gasteiger partial charge >= 0.3 is 0 Å². The smallest absolute Gasteiger partial charge is 0.0198 e. The third kappa shape index (κ3) is 15.5. The minimum atomic E-state index is -0.253. The van der Waals surface area contributed by atoms with Crippen molar-refractivity contribution >= 4 is 18.5 Å². The van der Waals surface area contributed by atoms with Crippen LogP contribution in [0.5, 0.6) is 0 Å². The molecule has 0 saturated heterocycles. The minimum absolute atomic E-state index is 0.253. The van der Waals surface area contributed by atoms with Crippen LogP contribution in [0.25, 0.3) is 0 Å². The second-order valence-electron chi connectivity index (χ2n) is 11.8. The van der Waals surface area contributed by atoms with Gasteiger partial charge < -0.3 is 0 Å². The van der Waals surface area contributed by atoms with Crippen molar-refractivity contribution in [2.24, 2.45) is 0 Å². The zero-order chi connectivity index (χ0) is 27.1. The first-order valence-electron chi connectivity index (χ1n) is 16.7. The topological polar surface area (TPSA) is 0 Å². The summed E-state index contributed by atoms with van der Waals surface area (Å²) in [7, 11) is -0.253. The normalized spacial score (nSPS) is 11.5. The van der Waals surface area contributed by atoms with E-state index in [9.17, 15) is 0 Å². The lowest BCUT2D eigenvalue weighted by atomic mass is 10.0. The van der Waals surface area contributed by atoms with E-state index in [-0.39, 0.29) is 7.92 Å². The third-order valence-corrected chi connectivity index (χ3v) is 10.4. The van der Waals surface area contributed by atoms with Gasteiger partial charge in [0.1, 0.15) is 0 Å². The van der Waals surface area contributed by atoms with Gasteiger partial charge in [-0.2, -0.15) is 0 Å². The first-order chi connectivity index (χ1) is 18.7. The van der Waals surface area contributed by atoms with Crippen LogP contribution in [0.15, 0.2) is 48.5 Å². The Bertz CT molecular complexity index is 708. The fraction of sp³-hybridized carbons (Fsp3) is 0.676. The molecule has 2 rings (SSSR count). The van der Waals surface area contributed by atoms with E-state index < -0.39 is 0 Å². The summed E-state index contributed by atoms with van der Waals surface area (Å²) in [6.07, 6.45) is 30.8. The highest BCUT2D eigenvalue weighted by Gasteiger charge is 2.08. The molecule has 0 amide bonds. The molecule has 0 aromatic heterocycles. The molecule has 0 bridgehead atoms. The first kappa shape index (κ1) is 33.1. The lowest BCUT2D eigenvalue weighted by Crippen LogP contribution is -2.11. The SMILES string of the molecule is CCCCCCCCCCCCc1ccc(P(C)c2ccc(CCCCCCCCCCCC)cc2)cc1. The quantitative estimate of drug-likeness (QED) is 0.0924. The van der Waals surface area contributed by atoms with Crippen LogP contribution in [0.2, 0.25) is 0 Å². The fourth-order valence-corrected chi connectivity index (χ4v) is 7.05. The van der Waals surface area contributed by atoms with Crippen molar-refractivity contribution in [1.29, 1.82) is 0 Å². The number of hydrogen-bond acceptors (Lipinski definition) is 0. The molecule has 2 aromatic rings. The van der Waals surface area contributed by atoms with Gasteiger partial charge in [-0.15, -0.1) is 0 Å². The molecule has 0 fully saturated rings. The minimum Gasteiger partial charge on any atom is -0.0654 e. The number of hydrogen-bond donors (Lipinski definition) is 0. The Morgan fingerprint density at radius 3 is 0.921 bits per heavy atom. The zero-order valence-corrected chi connectivity index (χ0v) is 26.5. The highest BCUT2D eigenvalue weighted by atomic mass is 31.1. The third-order valence-electron chi connectivity index (χ3n) is 8.29. The molecular formula is C37H61P. The average Bonchev–Trinajstić information content (AvgIpc) is 2.95. The first-order valence-corrected chi connectivity index (χ1v) is 18.4. The molecule has 0 aliphatic rings. The van der Waals surface area contributed by atoms with E-state index in [1.165, 1.54) is 163 Å². The molecule has 0 aliphatic heterocycles. The van der Waals surface area contributed by atoms with Gasteiger partial charge in [0.15, 0.2) is 0 Å². The van der Waals surface area contributed by atoms with E-state index in [1.54, 1.807) is 0 Å². The van der Waals surface area contributed by atoms with E-state index in [1.807, 2.05) is 0 Å². The highest BCUT2D eigenvalue weighted by molar-refractivity contribution is 7.72. The van der Waals surface area contributed by atoms with Gasteiger partial charge in [0.05, 0.1) is 0 Å². The maximum atomic E-state index is 2.42. The standard InChI is InChI=1S/C37H61P/c1-4-6-8-10-12-14-16-18-20-22-24-34-26-30-36(31-27-34)38(3)37-32-28-35(29-33-37)25-23-21-19-17-15-13-11-9-7-5-2/h26-33H,4-25H2,1-3H3. The van der Waals surface area contributed by atoms with Crippen LogP contribution in [-0.2, 0) is 12.8 Å². The summed E-state index contributed by atoms with van der Waals surface area (Å²) in [6.45, 7) is 7.02. The van der Waals surface area contributed by atoms with Gasteiger partial charge in [0, 0.05) is 0 Å². The van der Waals surface area contributed by atoms with Crippen LogP contribution in [0.4, 0.5) is 0 Å². The van der Waals surface area contributed by atoms with Crippen molar-refractivity contribution in [3.05, 3.63) is 59.7 Å². The van der Waals surface area contributed by atoms with Crippen LogP contribution in [0, 0.1) is 0 Å². The molecule has 0 nitrogen and oxygen atoms in total. The summed E-state index contributed by atoms with van der Waals surface area (Å²) in [5, 5.41) is 3.02. The number of aryl methyl sites for hydroxylation is 2. The van der Waals surface area contributed by atoms with E-state index in [0.29, 0.717) is 0 Å². The molecular weight excluding hydrogens is 475 g/mol. The van der Waals surface area contributed by atoms with Crippen LogP contribution in [0.1, 0.15) is 153 Å². The number of benzene rings is 2. The summed E-state index contributed by atoms with van der Waals surface area (Å²) in [5.41, 5.74) is 3.03. The predicted molar refractivity (Wildman–Crippen MR) is 176 cm³/mol. The molecule has 0 spiro atoms. The van der Waals surface area contributed by atoms with Crippen LogP contribution < -0.4 is 10.6 Å². The summed E-state index contributed by atoms with van der Waals surface area (Å²) in [6, 6.07) is 19.2. The monoisotopic (exact) mass is 536 g/mol. The number of unbranched alkanes of at least 4 members (excludes halogenated alkanes) is 18. The molecule has 214 valence electrons. The molecule has 38 heavy (non-hydrogen) atoms. The highest BCUT2D eigenvalue weighted by Crippen LogP contribution is 2.29. The van der Waals surface area contributed by atoms with Crippen molar-refractivity contribution in [1.82, 2.24) is 0 Å². The van der Waals surface area contributed by atoms with E-state index in [2.05, 4.69) is 69.0 Å². The van der Waals surface area contributed by atoms with Crippen LogP contribution in [-0.4, -0.2) is 6.66 Å². The van der Waals surface area contributed by atoms with Crippen molar-refractivity contribution in [2.75, 3.05) is 6.66 Å². The summed E-state index contributed by atoms with van der Waals surface area (Å²) < 4.78 is 0. The Labute approximate surface area is 239 Å². The molecule has 0 atom stereocenters. The second-order valence-corrected chi connectivity index (χ2v) is 13.9. The van der Waals surface area contributed by atoms with Crippen molar-refractivity contribution in [3.8, 4) is 0 Å². The van der Waals surface area contributed by atoms with Crippen LogP contribution >= 0.6 is 7.92 Å². The van der Waals surface area contributed by atoms with E-state index >= 15 is 0 Å². The van der Waals surface area contributed by atoms with Gasteiger partial charge in [-0.05, 0) is 62.0 Å². The van der Waals surface area contributed by atoms with Gasteiger partial charge in [-0.3, -0.25) is 0 Å². The fourth-order valence-electron chi connectivity index (χ4n) is 5.55. The van der Waals surface area contributed by atoms with Crippen LogP contribution in [0.3, 0.4) is 0 Å². The van der Waals surface area contributed by atoms with E-state index in [0.717, 1.165) is 0 Å². The second kappa shape index (κ2) is 22.7. The van der Waals surface area contributed by atoms with E-state index in [4.69, 9.17) is 0 Å². The van der Waals surface area contributed by atoms with Gasteiger partial charge in [0.2, 0.25) is 0 Å². The lowest BCUT2D eigenvalue weighted by Gasteiger charge is -2.14. The molecule has 0 saturated carbocycles. The lowest BCUT2D eigenvalue weighted by molar-refractivity contribution is 0.556. The molecule has 2 aromatic carbocycles. The average molecular weight is 537 g/mol. The molecule has 0 unspecified atom stereocenters. The summed E-state index contributed by atoms with van der Waals surface area (Å²) in [4.78, 5) is 0. The summed E-state index contributed by atoms with van der Waals surface area (Å²) in [5.74, 6) is 0. The Balaban J connectivity index is 1.57. The zero-order valence-electron chi connectivity index (χ0n) is 25.6. The Hall–Kier alpha value is -1.13. The number of rotatable bonds is 24. The van der Waals surface area contributed by atoms with Crippen molar-refractivity contribution in [2.45, 2.75) is 155 Å². The molecule has 0 N–H and O–H groups in total. The molecule has 0 aliphatic carbocycles. The van der Waals surface area contributed by atoms with Gasteiger partial charge in [-0.1, -0.05) is 178 Å². The Kier molecular flexibility index (Phi) is 19.7. The molecule has 1 heteroatoms. The predicted octanol–water partition coefficient (Wildman–Crippen LogP) is 11.7. The summed E-state index contributed by atoms with van der Waals surface area (Å²) >= 11 is 0. The van der Waals surface area contributed by atoms with Crippen molar-refractivity contribution < 1.29 is 0 Å². The van der Waals surface area contributed by atoms with Crippen molar-refractivity contribution in [3.63, 3.8) is 0 Å². The largest absolute Gasteiger partial charge is 0.0654 e. The molecule has 0 radical (unpaired) electrons. The van der Waals surface area contributed by atoms with Gasteiger partial charge in [0.25, 0.3) is 0 Å².